The molecule has 0 aliphatic rings. The molecule has 6 heteroatoms. The van der Waals surface area contributed by atoms with Gasteiger partial charge in [0.25, 0.3) is 5.91 Å². The number of hydrogen-bond donors (Lipinski definition) is 1. The van der Waals surface area contributed by atoms with Gasteiger partial charge in [-0.1, -0.05) is 12.2 Å². The van der Waals surface area contributed by atoms with Gasteiger partial charge in [-0.2, -0.15) is 5.10 Å². The van der Waals surface area contributed by atoms with E-state index in [2.05, 4.69) is 5.10 Å². The van der Waals surface area contributed by atoms with E-state index in [1.165, 1.54) is 4.68 Å². The highest BCUT2D eigenvalue weighted by molar-refractivity contribution is 7.80. The summed E-state index contributed by atoms with van der Waals surface area (Å²) in [5, 5.41) is 3.94. The SMILES string of the molecule is CCN(CC(N)=S)C(=O)c1ccnn1C. The standard InChI is InChI=1S/C9H14N4OS/c1-3-13(6-8(10)15)9(14)7-4-5-11-12(7)2/h4-5H,3,6H2,1-2H3,(H2,10,15). The number of rotatable bonds is 4. The Balaban J connectivity index is 2.82. The third-order valence-corrected chi connectivity index (χ3v) is 2.18. The average molecular weight is 226 g/mol. The van der Waals surface area contributed by atoms with Gasteiger partial charge in [0.1, 0.15) is 5.69 Å². The number of nitrogens with zero attached hydrogens (tertiary/aromatic N) is 3. The van der Waals surface area contributed by atoms with E-state index in [1.54, 1.807) is 24.2 Å². The van der Waals surface area contributed by atoms with Gasteiger partial charge in [-0.3, -0.25) is 9.48 Å². The second-order valence-electron chi connectivity index (χ2n) is 3.13. The van der Waals surface area contributed by atoms with Crippen molar-refractivity contribution >= 4 is 23.1 Å². The first kappa shape index (κ1) is 11.6. The lowest BCUT2D eigenvalue weighted by atomic mass is 10.3. The number of thiocarbonyl (C=S) groups is 1. The third-order valence-electron chi connectivity index (χ3n) is 2.06. The van der Waals surface area contributed by atoms with E-state index in [1.807, 2.05) is 6.92 Å². The van der Waals surface area contributed by atoms with Gasteiger partial charge in [-0.25, -0.2) is 0 Å². The molecule has 5 nitrogen and oxygen atoms in total. The molecular weight excluding hydrogens is 212 g/mol. The molecule has 0 saturated heterocycles. The molecule has 0 saturated carbocycles. The molecule has 1 amide bonds. The first-order valence-electron chi connectivity index (χ1n) is 4.61. The van der Waals surface area contributed by atoms with Gasteiger partial charge in [0.15, 0.2) is 0 Å². The van der Waals surface area contributed by atoms with Crippen molar-refractivity contribution in [1.29, 1.82) is 0 Å². The minimum atomic E-state index is -0.106. The van der Waals surface area contributed by atoms with Crippen molar-refractivity contribution in [1.82, 2.24) is 14.7 Å². The molecule has 0 radical (unpaired) electrons. The summed E-state index contributed by atoms with van der Waals surface area (Å²) in [4.78, 5) is 13.8. The summed E-state index contributed by atoms with van der Waals surface area (Å²) in [6.07, 6.45) is 1.59. The van der Waals surface area contributed by atoms with Gasteiger partial charge in [0, 0.05) is 19.8 Å². The number of carbonyl (C=O) groups is 1. The van der Waals surface area contributed by atoms with Crippen LogP contribution >= 0.6 is 12.2 Å². The molecule has 0 aliphatic carbocycles. The van der Waals surface area contributed by atoms with E-state index in [0.29, 0.717) is 23.8 Å². The molecule has 1 heterocycles. The van der Waals surface area contributed by atoms with Crippen molar-refractivity contribution in [3.05, 3.63) is 18.0 Å². The smallest absolute Gasteiger partial charge is 0.272 e. The Morgan fingerprint density at radius 3 is 2.80 bits per heavy atom. The van der Waals surface area contributed by atoms with E-state index in [9.17, 15) is 4.79 Å². The van der Waals surface area contributed by atoms with Crippen molar-refractivity contribution in [3.8, 4) is 0 Å². The number of amides is 1. The van der Waals surface area contributed by atoms with Crippen LogP contribution in [0.5, 0.6) is 0 Å². The Kier molecular flexibility index (Phi) is 3.79. The maximum Gasteiger partial charge on any atom is 0.272 e. The van der Waals surface area contributed by atoms with Crippen molar-refractivity contribution in [2.24, 2.45) is 12.8 Å². The Hall–Kier alpha value is -1.43. The van der Waals surface area contributed by atoms with Crippen molar-refractivity contribution < 1.29 is 4.79 Å². The Bertz CT molecular complexity index is 374. The fourth-order valence-electron chi connectivity index (χ4n) is 1.26. The predicted molar refractivity (Wildman–Crippen MR) is 61.6 cm³/mol. The zero-order valence-corrected chi connectivity index (χ0v) is 9.62. The molecule has 0 aromatic carbocycles. The first-order valence-corrected chi connectivity index (χ1v) is 5.02. The van der Waals surface area contributed by atoms with Crippen LogP contribution in [0, 0.1) is 0 Å². The number of aryl methyl sites for hydroxylation is 1. The number of hydrogen-bond acceptors (Lipinski definition) is 3. The highest BCUT2D eigenvalue weighted by Gasteiger charge is 2.17. The minimum Gasteiger partial charge on any atom is -0.392 e. The van der Waals surface area contributed by atoms with Crippen LogP contribution in [-0.2, 0) is 7.05 Å². The van der Waals surface area contributed by atoms with E-state index >= 15 is 0 Å². The molecule has 0 fully saturated rings. The second-order valence-corrected chi connectivity index (χ2v) is 3.65. The predicted octanol–water partition coefficient (Wildman–Crippen LogP) is 0.168. The molecule has 1 aromatic rings. The van der Waals surface area contributed by atoms with E-state index in [-0.39, 0.29) is 5.91 Å². The zero-order chi connectivity index (χ0) is 11.4. The van der Waals surface area contributed by atoms with Crippen LogP contribution in [0.15, 0.2) is 12.3 Å². The normalized spacial score (nSPS) is 10.0. The summed E-state index contributed by atoms with van der Waals surface area (Å²) >= 11 is 4.78. The Morgan fingerprint density at radius 1 is 1.73 bits per heavy atom. The van der Waals surface area contributed by atoms with Crippen LogP contribution in [0.4, 0.5) is 0 Å². The van der Waals surface area contributed by atoms with Gasteiger partial charge >= 0.3 is 0 Å². The molecule has 1 aromatic heterocycles. The van der Waals surface area contributed by atoms with Crippen LogP contribution in [-0.4, -0.2) is 38.7 Å². The number of nitrogens with two attached hydrogens (primary N) is 1. The van der Waals surface area contributed by atoms with Crippen molar-refractivity contribution in [3.63, 3.8) is 0 Å². The fourth-order valence-corrected chi connectivity index (χ4v) is 1.42. The summed E-state index contributed by atoms with van der Waals surface area (Å²) in [6, 6.07) is 1.67. The molecule has 0 spiro atoms. The molecule has 82 valence electrons. The summed E-state index contributed by atoms with van der Waals surface area (Å²) in [5.41, 5.74) is 5.95. The quantitative estimate of drug-likeness (QED) is 0.743. The third kappa shape index (κ3) is 2.76. The zero-order valence-electron chi connectivity index (χ0n) is 8.80. The van der Waals surface area contributed by atoms with Crippen molar-refractivity contribution in [2.75, 3.05) is 13.1 Å². The molecule has 0 aliphatic heterocycles. The fraction of sp³-hybridized carbons (Fsp3) is 0.444. The lowest BCUT2D eigenvalue weighted by Crippen LogP contribution is -2.38. The number of carbonyl (C=O) groups excluding carboxylic acids is 1. The Morgan fingerprint density at radius 2 is 2.40 bits per heavy atom. The molecule has 15 heavy (non-hydrogen) atoms. The number of likely N-dealkylation sites (N-methyl/N-ethyl adjacent to an activating group) is 1. The van der Waals surface area contributed by atoms with Crippen LogP contribution in [0.25, 0.3) is 0 Å². The first-order chi connectivity index (χ1) is 7.06. The van der Waals surface area contributed by atoms with Gasteiger partial charge in [-0.15, -0.1) is 0 Å². The van der Waals surface area contributed by atoms with Gasteiger partial charge in [-0.05, 0) is 13.0 Å². The molecule has 0 bridgehead atoms. The lowest BCUT2D eigenvalue weighted by molar-refractivity contribution is 0.0777. The van der Waals surface area contributed by atoms with Crippen LogP contribution in [0.2, 0.25) is 0 Å². The van der Waals surface area contributed by atoms with Crippen molar-refractivity contribution in [2.45, 2.75) is 6.92 Å². The van der Waals surface area contributed by atoms with Gasteiger partial charge < -0.3 is 10.6 Å². The van der Waals surface area contributed by atoms with Gasteiger partial charge in [0.2, 0.25) is 0 Å². The largest absolute Gasteiger partial charge is 0.392 e. The van der Waals surface area contributed by atoms with E-state index < -0.39 is 0 Å². The number of aromatic nitrogens is 2. The second kappa shape index (κ2) is 4.88. The topological polar surface area (TPSA) is 64.2 Å². The Labute approximate surface area is 93.8 Å². The maximum absolute atomic E-state index is 11.9. The summed E-state index contributed by atoms with van der Waals surface area (Å²) in [5.74, 6) is -0.106. The lowest BCUT2D eigenvalue weighted by Gasteiger charge is -2.19. The van der Waals surface area contributed by atoms with Crippen LogP contribution in [0.1, 0.15) is 17.4 Å². The van der Waals surface area contributed by atoms with Crippen LogP contribution < -0.4 is 5.73 Å². The van der Waals surface area contributed by atoms with E-state index in [4.69, 9.17) is 18.0 Å². The minimum absolute atomic E-state index is 0.106. The average Bonchev–Trinajstić information content (AvgIpc) is 2.59. The molecule has 0 atom stereocenters. The van der Waals surface area contributed by atoms with E-state index in [0.717, 1.165) is 0 Å². The highest BCUT2D eigenvalue weighted by Crippen LogP contribution is 2.02. The molecule has 0 unspecified atom stereocenters. The molecular formula is C9H14N4OS. The summed E-state index contributed by atoms with van der Waals surface area (Å²) < 4.78 is 1.53. The maximum atomic E-state index is 11.9. The highest BCUT2D eigenvalue weighted by atomic mass is 32.1. The van der Waals surface area contributed by atoms with Crippen LogP contribution in [0.3, 0.4) is 0 Å². The van der Waals surface area contributed by atoms with Gasteiger partial charge in [0.05, 0.1) is 11.5 Å². The summed E-state index contributed by atoms with van der Waals surface area (Å²) in [7, 11) is 1.72. The summed E-state index contributed by atoms with van der Waals surface area (Å²) in [6.45, 7) is 2.75. The monoisotopic (exact) mass is 226 g/mol. The molecule has 1 rings (SSSR count). The molecule has 2 N–H and O–H groups in total.